The van der Waals surface area contributed by atoms with Gasteiger partial charge in [0.25, 0.3) is 0 Å². The Morgan fingerprint density at radius 3 is 2.12 bits per heavy atom. The second kappa shape index (κ2) is 13.3. The van der Waals surface area contributed by atoms with Crippen LogP contribution in [0.2, 0.25) is 0 Å². The fraction of sp³-hybridized carbons (Fsp3) is 0.440. The van der Waals surface area contributed by atoms with Gasteiger partial charge >= 0.3 is 5.97 Å². The van der Waals surface area contributed by atoms with E-state index < -0.39 is 24.6 Å². The third-order valence-corrected chi connectivity index (χ3v) is 5.19. The van der Waals surface area contributed by atoms with Gasteiger partial charge in [0, 0.05) is 52.8 Å². The molecule has 2 rings (SSSR count). The minimum atomic E-state index is -1.18. The van der Waals surface area contributed by atoms with Crippen LogP contribution in [0.4, 0.5) is 4.39 Å². The molecule has 1 heterocycles. The quantitative estimate of drug-likeness (QED) is 0.394. The number of pyridine rings is 1. The first-order valence-corrected chi connectivity index (χ1v) is 10.7. The Morgan fingerprint density at radius 2 is 1.64 bits per heavy atom. The third kappa shape index (κ3) is 7.98. The van der Waals surface area contributed by atoms with Crippen molar-refractivity contribution in [1.82, 2.24) is 4.98 Å². The molecule has 0 amide bonds. The number of hydrogen-bond donors (Lipinski definition) is 4. The molecule has 0 saturated carbocycles. The van der Waals surface area contributed by atoms with Crippen LogP contribution in [0.15, 0.2) is 30.3 Å². The van der Waals surface area contributed by atoms with Gasteiger partial charge in [-0.25, -0.2) is 4.39 Å². The van der Waals surface area contributed by atoms with E-state index in [4.69, 9.17) is 10.1 Å². The number of aliphatic hydroxyl groups excluding tert-OH is 3. The average Bonchev–Trinajstić information content (AvgIpc) is 2.70. The SMILES string of the molecule is CC(C)c1nc(C(C)C)c(CO)c(-c2ccc(F)cc2)c1/C=C/[C@H](O)C[C@H](O)CC(=O)O.[Na]. The molecule has 2 aromatic rings. The van der Waals surface area contributed by atoms with Crippen LogP contribution in [0, 0.1) is 5.82 Å². The molecule has 0 aliphatic rings. The van der Waals surface area contributed by atoms with Crippen molar-refractivity contribution in [2.75, 3.05) is 0 Å². The molecule has 2 atom stereocenters. The number of hydrogen-bond acceptors (Lipinski definition) is 5. The molecule has 8 heteroatoms. The van der Waals surface area contributed by atoms with Gasteiger partial charge in [0.05, 0.1) is 30.9 Å². The second-order valence-corrected chi connectivity index (χ2v) is 8.54. The van der Waals surface area contributed by atoms with Crippen LogP contribution in [0.5, 0.6) is 0 Å². The molecule has 0 unspecified atom stereocenters. The van der Waals surface area contributed by atoms with Crippen LogP contribution in [-0.4, -0.2) is 73.1 Å². The average molecular weight is 469 g/mol. The first-order valence-electron chi connectivity index (χ1n) is 10.7. The summed E-state index contributed by atoms with van der Waals surface area (Å²) in [6, 6.07) is 5.99. The second-order valence-electron chi connectivity index (χ2n) is 8.54. The summed E-state index contributed by atoms with van der Waals surface area (Å²) in [5.41, 5.74) is 4.26. The van der Waals surface area contributed by atoms with E-state index in [0.717, 1.165) is 11.4 Å². The Hall–Kier alpha value is -1.61. The smallest absolute Gasteiger partial charge is 0.305 e. The van der Waals surface area contributed by atoms with E-state index in [1.807, 2.05) is 27.7 Å². The number of carboxylic acids is 1. The van der Waals surface area contributed by atoms with E-state index in [-0.39, 0.29) is 60.2 Å². The molecule has 0 fully saturated rings. The molecule has 1 aromatic heterocycles. The fourth-order valence-corrected chi connectivity index (χ4v) is 3.72. The third-order valence-electron chi connectivity index (χ3n) is 5.19. The van der Waals surface area contributed by atoms with Crippen molar-refractivity contribution in [2.45, 2.75) is 71.2 Å². The molecule has 0 bridgehead atoms. The monoisotopic (exact) mass is 468 g/mol. The molecule has 4 N–H and O–H groups in total. The van der Waals surface area contributed by atoms with Crippen LogP contribution < -0.4 is 0 Å². The van der Waals surface area contributed by atoms with Gasteiger partial charge < -0.3 is 20.4 Å². The predicted octanol–water partition coefficient (Wildman–Crippen LogP) is 3.85. The van der Waals surface area contributed by atoms with Gasteiger partial charge in [0.2, 0.25) is 0 Å². The van der Waals surface area contributed by atoms with Gasteiger partial charge in [-0.05, 0) is 35.1 Å². The van der Waals surface area contributed by atoms with Crippen molar-refractivity contribution < 1.29 is 29.6 Å². The number of aromatic nitrogens is 1. The van der Waals surface area contributed by atoms with E-state index in [2.05, 4.69) is 0 Å². The number of nitrogens with zero attached hydrogens (tertiary/aromatic N) is 1. The van der Waals surface area contributed by atoms with E-state index >= 15 is 0 Å². The Kier molecular flexibility index (Phi) is 11.9. The molecule has 1 radical (unpaired) electrons. The van der Waals surface area contributed by atoms with Crippen LogP contribution in [0.25, 0.3) is 17.2 Å². The topological polar surface area (TPSA) is 111 Å². The van der Waals surface area contributed by atoms with Crippen molar-refractivity contribution in [3.63, 3.8) is 0 Å². The maximum Gasteiger partial charge on any atom is 0.305 e. The number of benzene rings is 1. The van der Waals surface area contributed by atoms with Gasteiger partial charge in [0.15, 0.2) is 0 Å². The normalized spacial score (nSPS) is 13.4. The maximum atomic E-state index is 13.6. The number of rotatable bonds is 10. The number of carboxylic acid groups (broad SMARTS) is 1. The van der Waals surface area contributed by atoms with Crippen LogP contribution in [-0.2, 0) is 11.4 Å². The van der Waals surface area contributed by atoms with E-state index in [1.54, 1.807) is 18.2 Å². The summed E-state index contributed by atoms with van der Waals surface area (Å²) in [5.74, 6) is -1.45. The summed E-state index contributed by atoms with van der Waals surface area (Å²) in [5, 5.41) is 39.2. The maximum absolute atomic E-state index is 13.6. The molecule has 0 saturated heterocycles. The van der Waals surface area contributed by atoms with Gasteiger partial charge in [-0.2, -0.15) is 0 Å². The van der Waals surface area contributed by atoms with Crippen molar-refractivity contribution in [3.05, 3.63) is 58.7 Å². The van der Waals surface area contributed by atoms with E-state index in [0.29, 0.717) is 22.3 Å². The summed E-state index contributed by atoms with van der Waals surface area (Å²) in [4.78, 5) is 15.6. The van der Waals surface area contributed by atoms with Crippen molar-refractivity contribution in [3.8, 4) is 11.1 Å². The summed E-state index contributed by atoms with van der Waals surface area (Å²) < 4.78 is 13.6. The molecule has 1 aromatic carbocycles. The number of aliphatic carboxylic acids is 1. The Labute approximate surface area is 216 Å². The van der Waals surface area contributed by atoms with Gasteiger partial charge in [-0.1, -0.05) is 52.0 Å². The van der Waals surface area contributed by atoms with Gasteiger partial charge in [0.1, 0.15) is 5.82 Å². The molecule has 0 aliphatic heterocycles. The first-order chi connectivity index (χ1) is 15.0. The summed E-state index contributed by atoms with van der Waals surface area (Å²) in [6.07, 6.45) is 0.327. The Bertz CT molecular complexity index is 960. The standard InChI is InChI=1S/C25H32FNO5.Na/c1-14(2)24-20(10-9-18(29)11-19(30)12-22(31)32)23(16-5-7-17(26)8-6-16)21(13-28)25(27-24)15(3)4;/h5-10,14-15,18-19,28-30H,11-13H2,1-4H3,(H,31,32);/b10-9+;/t18-,19-;/m0./s1. The molecule has 0 aliphatic carbocycles. The molecule has 175 valence electrons. The minimum absolute atomic E-state index is 0. The minimum Gasteiger partial charge on any atom is -0.481 e. The van der Waals surface area contributed by atoms with Crippen molar-refractivity contribution >= 4 is 41.6 Å². The molecular formula is C25H32FNNaO5. The molecule has 0 spiro atoms. The predicted molar refractivity (Wildman–Crippen MR) is 127 cm³/mol. The zero-order valence-corrected chi connectivity index (χ0v) is 21.9. The summed E-state index contributed by atoms with van der Waals surface area (Å²) in [7, 11) is 0. The van der Waals surface area contributed by atoms with Crippen LogP contribution in [0.1, 0.15) is 74.9 Å². The van der Waals surface area contributed by atoms with E-state index in [1.165, 1.54) is 18.2 Å². The fourth-order valence-electron chi connectivity index (χ4n) is 3.72. The van der Waals surface area contributed by atoms with Crippen LogP contribution >= 0.6 is 0 Å². The summed E-state index contributed by atoms with van der Waals surface area (Å²) in [6.45, 7) is 7.70. The number of aliphatic hydroxyl groups is 3. The van der Waals surface area contributed by atoms with Crippen LogP contribution in [0.3, 0.4) is 0 Å². The zero-order chi connectivity index (χ0) is 24.0. The molecular weight excluding hydrogens is 436 g/mol. The van der Waals surface area contributed by atoms with Crippen molar-refractivity contribution in [1.29, 1.82) is 0 Å². The Morgan fingerprint density at radius 1 is 1.06 bits per heavy atom. The Balaban J connectivity index is 0.00000544. The van der Waals surface area contributed by atoms with Crippen molar-refractivity contribution in [2.24, 2.45) is 0 Å². The van der Waals surface area contributed by atoms with Gasteiger partial charge in [-0.3, -0.25) is 9.78 Å². The zero-order valence-electron chi connectivity index (χ0n) is 19.9. The molecule has 6 nitrogen and oxygen atoms in total. The van der Waals surface area contributed by atoms with E-state index in [9.17, 15) is 24.5 Å². The van der Waals surface area contributed by atoms with Gasteiger partial charge in [-0.15, -0.1) is 0 Å². The number of halogens is 1. The first kappa shape index (κ1) is 29.4. The largest absolute Gasteiger partial charge is 0.481 e. The number of carbonyl (C=O) groups is 1. The molecule has 33 heavy (non-hydrogen) atoms. The summed E-state index contributed by atoms with van der Waals surface area (Å²) >= 11 is 0.